The van der Waals surface area contributed by atoms with Crippen LogP contribution in [0.15, 0.2) is 36.5 Å². The first kappa shape index (κ1) is 23.3. The fraction of sp³-hybridized carbons (Fsp3) is 0.360. The molecule has 5 N–H and O–H groups in total. The third-order valence-electron chi connectivity index (χ3n) is 6.29. The number of amidine groups is 1. The van der Waals surface area contributed by atoms with E-state index in [2.05, 4.69) is 35.5 Å². The average Bonchev–Trinajstić information content (AvgIpc) is 3.46. The van der Waals surface area contributed by atoms with Gasteiger partial charge in [0.25, 0.3) is 0 Å². The van der Waals surface area contributed by atoms with Crippen LogP contribution in [0.3, 0.4) is 0 Å². The van der Waals surface area contributed by atoms with Gasteiger partial charge in [0.05, 0.1) is 34.1 Å². The monoisotopic (exact) mass is 490 g/mol. The molecule has 10 heteroatoms. The van der Waals surface area contributed by atoms with Crippen LogP contribution in [0.2, 0.25) is 0 Å². The van der Waals surface area contributed by atoms with Crippen LogP contribution >= 0.6 is 11.3 Å². The summed E-state index contributed by atoms with van der Waals surface area (Å²) in [5.41, 5.74) is 9.44. The average molecular weight is 491 g/mol. The van der Waals surface area contributed by atoms with Gasteiger partial charge in [0.1, 0.15) is 17.4 Å². The van der Waals surface area contributed by atoms with Crippen molar-refractivity contribution < 1.29 is 4.74 Å². The summed E-state index contributed by atoms with van der Waals surface area (Å²) in [7, 11) is 1.63. The molecule has 0 radical (unpaired) electrons. The van der Waals surface area contributed by atoms with Gasteiger partial charge in [-0.3, -0.25) is 5.41 Å². The molecule has 4 heterocycles. The highest BCUT2D eigenvalue weighted by Gasteiger charge is 2.23. The summed E-state index contributed by atoms with van der Waals surface area (Å²) in [6, 6.07) is 10.0. The number of fused-ring (bicyclic) bond motifs is 1. The Balaban J connectivity index is 1.58. The first-order chi connectivity index (χ1) is 17.0. The fourth-order valence-electron chi connectivity index (χ4n) is 4.58. The molecule has 0 saturated carbocycles. The van der Waals surface area contributed by atoms with Crippen LogP contribution in [-0.4, -0.2) is 45.8 Å². The SMILES string of the molecule is COc1ccccc1-c1c(C(=N)N)sc2cnc(Nc3cc(C4CCNCC4)nn3C(C)C)nc12. The summed E-state index contributed by atoms with van der Waals surface area (Å²) in [5.74, 6) is 2.49. The van der Waals surface area contributed by atoms with Gasteiger partial charge in [-0.1, -0.05) is 18.2 Å². The van der Waals surface area contributed by atoms with Gasteiger partial charge in [-0.05, 0) is 45.8 Å². The number of nitrogen functional groups attached to an aromatic ring is 1. The Morgan fingerprint density at radius 2 is 2.06 bits per heavy atom. The molecule has 35 heavy (non-hydrogen) atoms. The molecule has 1 saturated heterocycles. The summed E-state index contributed by atoms with van der Waals surface area (Å²) in [4.78, 5) is 10.1. The Labute approximate surface area is 208 Å². The van der Waals surface area contributed by atoms with Gasteiger partial charge in [-0.2, -0.15) is 5.10 Å². The summed E-state index contributed by atoms with van der Waals surface area (Å²) in [6.07, 6.45) is 3.95. The minimum atomic E-state index is -0.00656. The smallest absolute Gasteiger partial charge is 0.228 e. The van der Waals surface area contributed by atoms with Gasteiger partial charge in [-0.15, -0.1) is 11.3 Å². The van der Waals surface area contributed by atoms with E-state index in [0.717, 1.165) is 58.8 Å². The maximum atomic E-state index is 8.16. The first-order valence-electron chi connectivity index (χ1n) is 11.8. The molecule has 0 amide bonds. The van der Waals surface area contributed by atoms with Crippen LogP contribution < -0.4 is 21.1 Å². The van der Waals surface area contributed by atoms with Crippen molar-refractivity contribution in [2.75, 3.05) is 25.5 Å². The van der Waals surface area contributed by atoms with Crippen LogP contribution in [0.5, 0.6) is 5.75 Å². The van der Waals surface area contributed by atoms with E-state index in [4.69, 9.17) is 26.0 Å². The molecule has 0 atom stereocenters. The number of hydrogen-bond acceptors (Lipinski definition) is 8. The Bertz CT molecular complexity index is 1370. The molecule has 0 unspecified atom stereocenters. The number of para-hydroxylation sites is 1. The molecule has 1 aliphatic rings. The second-order valence-electron chi connectivity index (χ2n) is 8.97. The van der Waals surface area contributed by atoms with Crippen molar-refractivity contribution >= 4 is 39.2 Å². The number of benzene rings is 1. The number of piperidine rings is 1. The quantitative estimate of drug-likeness (QED) is 0.220. The third-order valence-corrected chi connectivity index (χ3v) is 7.44. The highest BCUT2D eigenvalue weighted by Crippen LogP contribution is 2.41. The van der Waals surface area contributed by atoms with E-state index < -0.39 is 0 Å². The zero-order chi connectivity index (χ0) is 24.5. The van der Waals surface area contributed by atoms with E-state index in [1.807, 2.05) is 28.9 Å². The largest absolute Gasteiger partial charge is 0.496 e. The summed E-state index contributed by atoms with van der Waals surface area (Å²) >= 11 is 1.41. The predicted molar refractivity (Wildman–Crippen MR) is 141 cm³/mol. The van der Waals surface area contributed by atoms with Crippen LogP contribution in [0.25, 0.3) is 21.3 Å². The second kappa shape index (κ2) is 9.63. The number of rotatable bonds is 7. The van der Waals surface area contributed by atoms with Crippen molar-refractivity contribution in [1.29, 1.82) is 5.41 Å². The number of nitrogens with one attached hydrogen (secondary N) is 3. The molecule has 4 aromatic rings. The molecular weight excluding hydrogens is 460 g/mol. The van der Waals surface area contributed by atoms with Crippen molar-refractivity contribution in [2.24, 2.45) is 5.73 Å². The Morgan fingerprint density at radius 1 is 1.29 bits per heavy atom. The molecule has 0 aliphatic carbocycles. The Morgan fingerprint density at radius 3 is 2.77 bits per heavy atom. The lowest BCUT2D eigenvalue weighted by Gasteiger charge is -2.20. The lowest BCUT2D eigenvalue weighted by Crippen LogP contribution is -2.26. The van der Waals surface area contributed by atoms with Crippen molar-refractivity contribution in [1.82, 2.24) is 25.1 Å². The Kier molecular flexibility index (Phi) is 6.40. The molecule has 0 bridgehead atoms. The summed E-state index contributed by atoms with van der Waals surface area (Å²) < 4.78 is 8.46. The molecule has 182 valence electrons. The zero-order valence-corrected chi connectivity index (χ0v) is 20.9. The summed E-state index contributed by atoms with van der Waals surface area (Å²) in [5, 5.41) is 19.9. The number of methoxy groups -OCH3 is 1. The number of ether oxygens (including phenoxy) is 1. The number of thiophene rings is 1. The molecule has 1 fully saturated rings. The maximum Gasteiger partial charge on any atom is 0.228 e. The van der Waals surface area contributed by atoms with E-state index in [1.165, 1.54) is 11.3 Å². The molecule has 0 spiro atoms. The number of aromatic nitrogens is 4. The van der Waals surface area contributed by atoms with Gasteiger partial charge in [-0.25, -0.2) is 14.6 Å². The van der Waals surface area contributed by atoms with Gasteiger partial charge < -0.3 is 21.1 Å². The minimum Gasteiger partial charge on any atom is -0.496 e. The van der Waals surface area contributed by atoms with Gasteiger partial charge in [0, 0.05) is 29.2 Å². The first-order valence-corrected chi connectivity index (χ1v) is 12.6. The van der Waals surface area contributed by atoms with E-state index in [0.29, 0.717) is 22.5 Å². The van der Waals surface area contributed by atoms with Crippen molar-refractivity contribution in [2.45, 2.75) is 38.6 Å². The number of nitrogens with zero attached hydrogens (tertiary/aromatic N) is 4. The van der Waals surface area contributed by atoms with Crippen LogP contribution in [-0.2, 0) is 0 Å². The van der Waals surface area contributed by atoms with Crippen molar-refractivity contribution in [3.63, 3.8) is 0 Å². The highest BCUT2D eigenvalue weighted by molar-refractivity contribution is 7.21. The lowest BCUT2D eigenvalue weighted by molar-refractivity contribution is 0.416. The number of anilines is 2. The second-order valence-corrected chi connectivity index (χ2v) is 10.0. The standard InChI is InChI=1S/C25H30N8OS/c1-14(2)33-20(12-17(32-33)15-8-10-28-11-9-15)30-25-29-13-19-22(31-25)21(23(35-19)24(26)27)16-6-4-5-7-18(16)34-3/h4-7,12-15,28H,8-11H2,1-3H3,(H3,26,27)(H,29,30,31). The van der Waals surface area contributed by atoms with Crippen molar-refractivity contribution in [3.05, 3.63) is 47.1 Å². The van der Waals surface area contributed by atoms with E-state index >= 15 is 0 Å². The fourth-order valence-corrected chi connectivity index (χ4v) is 5.56. The molecular formula is C25H30N8OS. The molecule has 5 rings (SSSR count). The van der Waals surface area contributed by atoms with Crippen LogP contribution in [0.4, 0.5) is 11.8 Å². The van der Waals surface area contributed by atoms with Gasteiger partial charge in [0.2, 0.25) is 5.95 Å². The number of hydrogen-bond donors (Lipinski definition) is 4. The minimum absolute atomic E-state index is 0.00656. The topological polar surface area (TPSA) is 127 Å². The van der Waals surface area contributed by atoms with Gasteiger partial charge >= 0.3 is 0 Å². The van der Waals surface area contributed by atoms with Crippen LogP contribution in [0.1, 0.15) is 49.2 Å². The molecule has 1 aliphatic heterocycles. The van der Waals surface area contributed by atoms with Crippen LogP contribution in [0, 0.1) is 5.41 Å². The highest BCUT2D eigenvalue weighted by atomic mass is 32.1. The molecule has 1 aromatic carbocycles. The molecule has 3 aromatic heterocycles. The molecule has 9 nitrogen and oxygen atoms in total. The summed E-state index contributed by atoms with van der Waals surface area (Å²) in [6.45, 7) is 6.27. The third kappa shape index (κ3) is 4.46. The lowest BCUT2D eigenvalue weighted by atomic mass is 9.95. The zero-order valence-electron chi connectivity index (χ0n) is 20.1. The predicted octanol–water partition coefficient (Wildman–Crippen LogP) is 4.64. The normalized spacial score (nSPS) is 14.5. The van der Waals surface area contributed by atoms with E-state index in [9.17, 15) is 0 Å². The van der Waals surface area contributed by atoms with Crippen molar-refractivity contribution in [3.8, 4) is 16.9 Å². The van der Waals surface area contributed by atoms with E-state index in [-0.39, 0.29) is 11.9 Å². The van der Waals surface area contributed by atoms with E-state index in [1.54, 1.807) is 13.3 Å². The van der Waals surface area contributed by atoms with Gasteiger partial charge in [0.15, 0.2) is 0 Å². The number of nitrogens with two attached hydrogens (primary N) is 1. The Hall–Kier alpha value is -3.50. The maximum absolute atomic E-state index is 8.16.